The fourth-order valence-corrected chi connectivity index (χ4v) is 1.69. The van der Waals surface area contributed by atoms with Gasteiger partial charge in [0.15, 0.2) is 0 Å². The van der Waals surface area contributed by atoms with Crippen LogP contribution >= 0.6 is 19.6 Å². The van der Waals surface area contributed by atoms with Gasteiger partial charge in [0.05, 0.1) is 5.69 Å². The summed E-state index contributed by atoms with van der Waals surface area (Å²) in [4.78, 5) is 8.32. The molecule has 0 radical (unpaired) electrons. The molecule has 1 atom stereocenters. The Morgan fingerprint density at radius 2 is 2.50 bits per heavy atom. The topological polar surface area (TPSA) is 72.5 Å². The number of hydrogen-bond donors (Lipinski definition) is 2. The third-order valence-corrected chi connectivity index (χ3v) is 2.17. The second-order valence-electron chi connectivity index (χ2n) is 1.53. The van der Waals surface area contributed by atoms with E-state index in [1.54, 1.807) is 11.4 Å². The molecule has 0 fully saturated rings. The van der Waals surface area contributed by atoms with E-state index in [4.69, 9.17) is 10.6 Å². The van der Waals surface area contributed by atoms with Crippen LogP contribution in [-0.2, 0) is 4.57 Å². The van der Waals surface area contributed by atoms with Crippen LogP contribution in [0.5, 0.6) is 5.06 Å². The van der Waals surface area contributed by atoms with Gasteiger partial charge < -0.3 is 15.2 Å². The molecule has 0 aliphatic carbocycles. The lowest BCUT2D eigenvalue weighted by atomic mass is 10.5. The van der Waals surface area contributed by atoms with E-state index in [-0.39, 0.29) is 0 Å². The van der Waals surface area contributed by atoms with Gasteiger partial charge in [-0.2, -0.15) is 0 Å². The van der Waals surface area contributed by atoms with E-state index < -0.39 is 8.25 Å². The first-order valence-corrected chi connectivity index (χ1v) is 4.58. The van der Waals surface area contributed by atoms with Crippen LogP contribution in [0, 0.1) is 0 Å². The third-order valence-electron chi connectivity index (χ3n) is 0.838. The lowest BCUT2D eigenvalue weighted by molar-refractivity contribution is 0.415. The van der Waals surface area contributed by atoms with Crippen molar-refractivity contribution in [2.24, 2.45) is 0 Å². The van der Waals surface area contributed by atoms with Gasteiger partial charge in [-0.3, -0.25) is 0 Å². The highest BCUT2D eigenvalue weighted by Crippen LogP contribution is 2.33. The molecule has 0 saturated carbocycles. The Kier molecular flexibility index (Phi) is 2.32. The van der Waals surface area contributed by atoms with Gasteiger partial charge in [0.2, 0.25) is 5.06 Å². The molecule has 0 aliphatic rings. The maximum absolute atomic E-state index is 10.1. The zero-order valence-corrected chi connectivity index (χ0v) is 6.72. The minimum Gasteiger partial charge on any atom is -0.414 e. The van der Waals surface area contributed by atoms with Crippen LogP contribution in [0.2, 0.25) is 0 Å². The van der Waals surface area contributed by atoms with Crippen molar-refractivity contribution in [2.45, 2.75) is 0 Å². The molecule has 1 rings (SSSR count). The van der Waals surface area contributed by atoms with E-state index in [9.17, 15) is 4.57 Å². The van der Waals surface area contributed by atoms with Gasteiger partial charge >= 0.3 is 8.25 Å². The first-order valence-electron chi connectivity index (χ1n) is 2.44. The van der Waals surface area contributed by atoms with E-state index in [2.05, 4.69) is 4.52 Å². The van der Waals surface area contributed by atoms with Crippen LogP contribution in [0.25, 0.3) is 0 Å². The van der Waals surface area contributed by atoms with Gasteiger partial charge in [0.1, 0.15) is 0 Å². The number of thiophene rings is 1. The molecule has 1 aromatic heterocycles. The molecule has 0 saturated heterocycles. The zero-order chi connectivity index (χ0) is 7.56. The van der Waals surface area contributed by atoms with Gasteiger partial charge in [0.25, 0.3) is 0 Å². The molecule has 4 nitrogen and oxygen atoms in total. The molecular weight excluding hydrogens is 173 g/mol. The smallest absolute Gasteiger partial charge is 0.366 e. The van der Waals surface area contributed by atoms with Crippen LogP contribution in [0.4, 0.5) is 5.69 Å². The second kappa shape index (κ2) is 3.05. The minimum atomic E-state index is -2.90. The largest absolute Gasteiger partial charge is 0.414 e. The molecule has 0 bridgehead atoms. The van der Waals surface area contributed by atoms with E-state index in [1.807, 2.05) is 0 Å². The van der Waals surface area contributed by atoms with Crippen molar-refractivity contribution in [3.05, 3.63) is 11.4 Å². The van der Waals surface area contributed by atoms with Crippen molar-refractivity contribution < 1.29 is 14.0 Å². The fourth-order valence-electron chi connectivity index (χ4n) is 0.467. The van der Waals surface area contributed by atoms with E-state index in [0.29, 0.717) is 10.8 Å². The summed E-state index contributed by atoms with van der Waals surface area (Å²) >= 11 is 1.20. The average molecular weight is 179 g/mol. The summed E-state index contributed by atoms with van der Waals surface area (Å²) in [6.45, 7) is 0. The number of hydrogen-bond acceptors (Lipinski definition) is 4. The quantitative estimate of drug-likeness (QED) is 0.666. The summed E-state index contributed by atoms with van der Waals surface area (Å²) < 4.78 is 14.6. The predicted octanol–water partition coefficient (Wildman–Crippen LogP) is 1.09. The van der Waals surface area contributed by atoms with Gasteiger partial charge in [0, 0.05) is 0 Å². The van der Waals surface area contributed by atoms with Crippen molar-refractivity contribution in [3.8, 4) is 5.06 Å². The van der Waals surface area contributed by atoms with Gasteiger partial charge in [-0.05, 0) is 11.4 Å². The van der Waals surface area contributed by atoms with E-state index >= 15 is 0 Å². The molecule has 1 aromatic rings. The molecule has 10 heavy (non-hydrogen) atoms. The third kappa shape index (κ3) is 1.73. The van der Waals surface area contributed by atoms with Crippen LogP contribution in [0.15, 0.2) is 11.4 Å². The molecule has 0 amide bonds. The first-order chi connectivity index (χ1) is 4.70. The second-order valence-corrected chi connectivity index (χ2v) is 3.15. The Balaban J connectivity index is 2.74. The molecule has 56 valence electrons. The number of nitrogen functional groups attached to an aromatic ring is 1. The molecule has 1 heterocycles. The van der Waals surface area contributed by atoms with Crippen LogP contribution < -0.4 is 10.3 Å². The van der Waals surface area contributed by atoms with Gasteiger partial charge in [-0.1, -0.05) is 0 Å². The highest BCUT2D eigenvalue weighted by molar-refractivity contribution is 7.33. The average Bonchev–Trinajstić information content (AvgIpc) is 2.15. The van der Waals surface area contributed by atoms with Crippen molar-refractivity contribution in [1.82, 2.24) is 0 Å². The van der Waals surface area contributed by atoms with Crippen LogP contribution in [0.1, 0.15) is 0 Å². The summed E-state index contributed by atoms with van der Waals surface area (Å²) in [5.74, 6) is 0. The number of rotatable bonds is 2. The zero-order valence-electron chi connectivity index (χ0n) is 4.90. The molecule has 6 heteroatoms. The summed E-state index contributed by atoms with van der Waals surface area (Å²) in [6.07, 6.45) is 0. The summed E-state index contributed by atoms with van der Waals surface area (Å²) in [7, 11) is -2.90. The minimum absolute atomic E-state index is 0.311. The fraction of sp³-hybridized carbons (Fsp3) is 0. The van der Waals surface area contributed by atoms with Crippen molar-refractivity contribution in [3.63, 3.8) is 0 Å². The van der Waals surface area contributed by atoms with E-state index in [0.717, 1.165) is 0 Å². The Hall–Kier alpha value is -0.510. The molecule has 0 aliphatic heterocycles. The molecular formula is C4H6NO3PS. The van der Waals surface area contributed by atoms with Crippen molar-refractivity contribution in [2.75, 3.05) is 5.73 Å². The lowest BCUT2D eigenvalue weighted by Crippen LogP contribution is -1.83. The monoisotopic (exact) mass is 179 g/mol. The SMILES string of the molecule is Nc1ccsc1O[PH](=O)O. The highest BCUT2D eigenvalue weighted by atomic mass is 32.1. The molecule has 1 unspecified atom stereocenters. The standard InChI is InChI=1S/C4H6NO3PS/c5-3-1-2-10-4(3)8-9(6)7/h1-2,9H,5H2,(H,6,7). The lowest BCUT2D eigenvalue weighted by Gasteiger charge is -1.96. The highest BCUT2D eigenvalue weighted by Gasteiger charge is 2.02. The Morgan fingerprint density at radius 3 is 2.90 bits per heavy atom. The van der Waals surface area contributed by atoms with Gasteiger partial charge in [-0.25, -0.2) is 4.57 Å². The number of nitrogens with two attached hydrogens (primary N) is 1. The Labute approximate surface area is 62.2 Å². The molecule has 0 aromatic carbocycles. The number of anilines is 1. The van der Waals surface area contributed by atoms with Gasteiger partial charge in [-0.15, -0.1) is 11.3 Å². The Bertz CT molecular complexity index is 248. The summed E-state index contributed by atoms with van der Waals surface area (Å²) in [5, 5.41) is 2.00. The maximum atomic E-state index is 10.1. The van der Waals surface area contributed by atoms with Crippen molar-refractivity contribution in [1.29, 1.82) is 0 Å². The maximum Gasteiger partial charge on any atom is 0.366 e. The summed E-state index contributed by atoms with van der Waals surface area (Å²) in [5.41, 5.74) is 5.74. The summed E-state index contributed by atoms with van der Waals surface area (Å²) in [6, 6.07) is 1.62. The Morgan fingerprint density at radius 1 is 1.80 bits per heavy atom. The van der Waals surface area contributed by atoms with Crippen LogP contribution in [-0.4, -0.2) is 4.89 Å². The molecule has 0 spiro atoms. The first kappa shape index (κ1) is 7.60. The van der Waals surface area contributed by atoms with E-state index in [1.165, 1.54) is 11.3 Å². The van der Waals surface area contributed by atoms with Crippen LogP contribution in [0.3, 0.4) is 0 Å². The molecule has 3 N–H and O–H groups in total. The normalized spacial score (nSPS) is 12.9. The predicted molar refractivity (Wildman–Crippen MR) is 40.6 cm³/mol. The van der Waals surface area contributed by atoms with Crippen molar-refractivity contribution >= 4 is 25.3 Å².